The van der Waals surface area contributed by atoms with Crippen molar-refractivity contribution in [1.82, 2.24) is 0 Å². The Morgan fingerprint density at radius 1 is 0.524 bits per heavy atom. The van der Waals surface area contributed by atoms with E-state index in [1.54, 1.807) is 24.3 Å². The van der Waals surface area contributed by atoms with Gasteiger partial charge in [-0.15, -0.1) is 0 Å². The maximum absolute atomic E-state index is 10.8. The monoisotopic (exact) mass is 276 g/mol. The van der Waals surface area contributed by atoms with Gasteiger partial charge in [0.25, 0.3) is 0 Å². The van der Waals surface area contributed by atoms with E-state index in [9.17, 15) is 9.59 Å². The molecule has 0 aliphatic carbocycles. The van der Waals surface area contributed by atoms with Crippen LogP contribution in [0.3, 0.4) is 0 Å². The molecule has 0 radical (unpaired) electrons. The van der Waals surface area contributed by atoms with Crippen molar-refractivity contribution >= 4 is 22.7 Å². The highest BCUT2D eigenvalue weighted by atomic mass is 16.6. The number of fused-ring (bicyclic) bond motifs is 2. The molecule has 4 rings (SSSR count). The number of carbonyl (C=O) groups excluding carboxylic acids is 2. The standard InChI is InChI=1S/C10H8.C8H4O3/c1-2-6-10-8-4-3-7-9(10)5-1;9-7-5-3-1-2-4-6(5)8(10)11-7/h1-8H;1-4H. The predicted molar refractivity (Wildman–Crippen MR) is 80.1 cm³/mol. The number of carbonyl (C=O) groups is 2. The van der Waals surface area contributed by atoms with Crippen molar-refractivity contribution in [2.24, 2.45) is 0 Å². The van der Waals surface area contributed by atoms with Crippen molar-refractivity contribution in [3.05, 3.63) is 83.9 Å². The molecule has 3 aromatic carbocycles. The zero-order chi connectivity index (χ0) is 14.7. The number of esters is 2. The Bertz CT molecular complexity index is 723. The molecule has 0 unspecified atom stereocenters. The SMILES string of the molecule is O=C1OC(=O)c2ccccc21.c1ccc2ccccc2c1. The van der Waals surface area contributed by atoms with E-state index in [4.69, 9.17) is 0 Å². The van der Waals surface area contributed by atoms with Gasteiger partial charge in [0, 0.05) is 0 Å². The fourth-order valence-corrected chi connectivity index (χ4v) is 2.17. The fraction of sp³-hybridized carbons (Fsp3) is 0. The minimum Gasteiger partial charge on any atom is -0.386 e. The number of hydrogen-bond donors (Lipinski definition) is 0. The summed E-state index contributed by atoms with van der Waals surface area (Å²) in [5, 5.41) is 2.62. The van der Waals surface area contributed by atoms with Crippen molar-refractivity contribution in [2.45, 2.75) is 0 Å². The molecule has 21 heavy (non-hydrogen) atoms. The molecule has 3 heteroatoms. The van der Waals surface area contributed by atoms with Crippen molar-refractivity contribution in [2.75, 3.05) is 0 Å². The summed E-state index contributed by atoms with van der Waals surface area (Å²) in [6.45, 7) is 0. The number of cyclic esters (lactones) is 2. The van der Waals surface area contributed by atoms with E-state index >= 15 is 0 Å². The topological polar surface area (TPSA) is 43.4 Å². The molecular formula is C18H12O3. The third kappa shape index (κ3) is 2.67. The fourth-order valence-electron chi connectivity index (χ4n) is 2.17. The number of hydrogen-bond acceptors (Lipinski definition) is 3. The molecule has 0 fully saturated rings. The van der Waals surface area contributed by atoms with Gasteiger partial charge in [0.15, 0.2) is 0 Å². The minimum absolute atomic E-state index is 0.359. The van der Waals surface area contributed by atoms with Crippen molar-refractivity contribution < 1.29 is 14.3 Å². The minimum atomic E-state index is -0.550. The van der Waals surface area contributed by atoms with Crippen LogP contribution in [0.4, 0.5) is 0 Å². The van der Waals surface area contributed by atoms with E-state index in [-0.39, 0.29) is 0 Å². The highest BCUT2D eigenvalue weighted by Gasteiger charge is 2.28. The number of rotatable bonds is 0. The quantitative estimate of drug-likeness (QED) is 0.463. The molecule has 1 aliphatic rings. The average Bonchev–Trinajstić information content (AvgIpc) is 2.83. The molecule has 0 N–H and O–H groups in total. The van der Waals surface area contributed by atoms with E-state index < -0.39 is 11.9 Å². The van der Waals surface area contributed by atoms with Gasteiger partial charge in [0.2, 0.25) is 0 Å². The first-order valence-electron chi connectivity index (χ1n) is 6.55. The summed E-state index contributed by atoms with van der Waals surface area (Å²) in [5.41, 5.74) is 0.718. The van der Waals surface area contributed by atoms with Gasteiger partial charge in [-0.25, -0.2) is 9.59 Å². The molecule has 1 aliphatic heterocycles. The van der Waals surface area contributed by atoms with Gasteiger partial charge < -0.3 is 4.74 Å². The Hall–Kier alpha value is -2.94. The second-order valence-corrected chi connectivity index (χ2v) is 4.57. The number of benzene rings is 3. The molecule has 0 amide bonds. The highest BCUT2D eigenvalue weighted by molar-refractivity contribution is 6.14. The Morgan fingerprint density at radius 3 is 1.24 bits per heavy atom. The lowest BCUT2D eigenvalue weighted by Crippen LogP contribution is -1.96. The first-order valence-corrected chi connectivity index (χ1v) is 6.55. The molecule has 0 aromatic heterocycles. The zero-order valence-electron chi connectivity index (χ0n) is 11.2. The van der Waals surface area contributed by atoms with Crippen LogP contribution >= 0.6 is 0 Å². The lowest BCUT2D eigenvalue weighted by Gasteiger charge is -1.92. The lowest BCUT2D eigenvalue weighted by molar-refractivity contribution is 0.0444. The van der Waals surface area contributed by atoms with Gasteiger partial charge >= 0.3 is 11.9 Å². The maximum Gasteiger partial charge on any atom is 0.346 e. The summed E-state index contributed by atoms with van der Waals surface area (Å²) in [5.74, 6) is -1.10. The van der Waals surface area contributed by atoms with E-state index in [0.29, 0.717) is 11.1 Å². The molecule has 3 aromatic rings. The third-order valence-corrected chi connectivity index (χ3v) is 3.21. The van der Waals surface area contributed by atoms with Crippen LogP contribution in [0.2, 0.25) is 0 Å². The van der Waals surface area contributed by atoms with Gasteiger partial charge in [0.1, 0.15) is 0 Å². The first-order chi connectivity index (χ1) is 10.3. The molecule has 0 atom stereocenters. The van der Waals surface area contributed by atoms with Crippen LogP contribution < -0.4 is 0 Å². The molecule has 1 heterocycles. The first kappa shape index (κ1) is 13.1. The van der Waals surface area contributed by atoms with Gasteiger partial charge in [-0.3, -0.25) is 0 Å². The van der Waals surface area contributed by atoms with E-state index in [1.165, 1.54) is 10.8 Å². The summed E-state index contributed by atoms with van der Waals surface area (Å²) in [6.07, 6.45) is 0. The van der Waals surface area contributed by atoms with Crippen LogP contribution in [0, 0.1) is 0 Å². The molecule has 0 saturated heterocycles. The van der Waals surface area contributed by atoms with Crippen LogP contribution in [0.15, 0.2) is 72.8 Å². The Balaban J connectivity index is 0.000000126. The van der Waals surface area contributed by atoms with Crippen LogP contribution in [-0.2, 0) is 4.74 Å². The third-order valence-electron chi connectivity index (χ3n) is 3.21. The number of ether oxygens (including phenoxy) is 1. The van der Waals surface area contributed by atoms with Gasteiger partial charge in [0.05, 0.1) is 11.1 Å². The van der Waals surface area contributed by atoms with Crippen LogP contribution in [0.1, 0.15) is 20.7 Å². The van der Waals surface area contributed by atoms with Crippen molar-refractivity contribution in [3.8, 4) is 0 Å². The highest BCUT2D eigenvalue weighted by Crippen LogP contribution is 2.18. The molecule has 0 saturated carbocycles. The summed E-state index contributed by atoms with van der Waals surface area (Å²) < 4.78 is 4.35. The van der Waals surface area contributed by atoms with Gasteiger partial charge in [-0.1, -0.05) is 60.7 Å². The Morgan fingerprint density at radius 2 is 0.857 bits per heavy atom. The molecular weight excluding hydrogens is 264 g/mol. The average molecular weight is 276 g/mol. The summed E-state index contributed by atoms with van der Waals surface area (Å²) in [4.78, 5) is 21.7. The van der Waals surface area contributed by atoms with E-state index in [0.717, 1.165) is 0 Å². The smallest absolute Gasteiger partial charge is 0.346 e. The second kappa shape index (κ2) is 5.59. The van der Waals surface area contributed by atoms with E-state index in [2.05, 4.69) is 53.3 Å². The lowest BCUT2D eigenvalue weighted by atomic mass is 10.1. The van der Waals surface area contributed by atoms with Crippen molar-refractivity contribution in [3.63, 3.8) is 0 Å². The maximum atomic E-state index is 10.8. The van der Waals surface area contributed by atoms with Crippen molar-refractivity contribution in [1.29, 1.82) is 0 Å². The summed E-state index contributed by atoms with van der Waals surface area (Å²) >= 11 is 0. The summed E-state index contributed by atoms with van der Waals surface area (Å²) in [7, 11) is 0. The molecule has 0 spiro atoms. The molecule has 0 bridgehead atoms. The van der Waals surface area contributed by atoms with E-state index in [1.807, 2.05) is 0 Å². The van der Waals surface area contributed by atoms with Crippen LogP contribution in [0.5, 0.6) is 0 Å². The zero-order valence-corrected chi connectivity index (χ0v) is 11.2. The molecule has 102 valence electrons. The normalized spacial score (nSPS) is 12.4. The van der Waals surface area contributed by atoms with Crippen LogP contribution in [0.25, 0.3) is 10.8 Å². The van der Waals surface area contributed by atoms with Gasteiger partial charge in [-0.05, 0) is 22.9 Å². The Labute approximate surface area is 121 Å². The summed E-state index contributed by atoms with van der Waals surface area (Å²) in [6, 6.07) is 23.2. The Kier molecular flexibility index (Phi) is 3.48. The largest absolute Gasteiger partial charge is 0.386 e. The predicted octanol–water partition coefficient (Wildman–Crippen LogP) is 3.84. The second-order valence-electron chi connectivity index (χ2n) is 4.57. The molecule has 3 nitrogen and oxygen atoms in total. The van der Waals surface area contributed by atoms with Gasteiger partial charge in [-0.2, -0.15) is 0 Å². The van der Waals surface area contributed by atoms with Crippen LogP contribution in [-0.4, -0.2) is 11.9 Å².